The zero-order valence-electron chi connectivity index (χ0n) is 10.6. The van der Waals surface area contributed by atoms with Crippen LogP contribution < -0.4 is 0 Å². The van der Waals surface area contributed by atoms with Gasteiger partial charge in [0.1, 0.15) is 5.82 Å². The second-order valence-electron chi connectivity index (χ2n) is 5.81. The minimum Gasteiger partial charge on any atom is -0.205 e. The number of hydrogen-bond acceptors (Lipinski definition) is 0. The topological polar surface area (TPSA) is 0 Å². The average molecular weight is 287 g/mol. The molecule has 1 aliphatic rings. The molecule has 1 aromatic carbocycles. The lowest BCUT2D eigenvalue weighted by atomic mass is 9.76. The predicted molar refractivity (Wildman–Crippen MR) is 75.9 cm³/mol. The molecule has 0 saturated carbocycles. The fourth-order valence-corrected chi connectivity index (χ4v) is 3.42. The summed E-state index contributed by atoms with van der Waals surface area (Å²) in [5, 5.41) is 0.283. The third kappa shape index (κ3) is 3.49. The molecule has 98 valence electrons. The Morgan fingerprint density at radius 1 is 1.39 bits per heavy atom. The average Bonchev–Trinajstić information content (AvgIpc) is 2.20. The van der Waals surface area contributed by atoms with Crippen LogP contribution in [0.25, 0.3) is 0 Å². The molecule has 0 aliphatic heterocycles. The van der Waals surface area contributed by atoms with E-state index >= 15 is 0 Å². The molecule has 1 aliphatic carbocycles. The lowest BCUT2D eigenvalue weighted by Gasteiger charge is -2.32. The SMILES string of the molecule is CC1(C)CC(Cc2ccc(F)c(Cl)c2)=CC(Cl)C1. The van der Waals surface area contributed by atoms with Gasteiger partial charge in [0.2, 0.25) is 0 Å². The van der Waals surface area contributed by atoms with Crippen molar-refractivity contribution in [2.75, 3.05) is 0 Å². The molecule has 1 unspecified atom stereocenters. The maximum atomic E-state index is 13.1. The first kappa shape index (κ1) is 13.9. The van der Waals surface area contributed by atoms with E-state index in [1.807, 2.05) is 0 Å². The Hall–Kier alpha value is -0.530. The van der Waals surface area contributed by atoms with Crippen molar-refractivity contribution in [1.29, 1.82) is 0 Å². The maximum absolute atomic E-state index is 13.1. The number of allylic oxidation sites excluding steroid dienone is 2. The molecule has 1 aromatic rings. The van der Waals surface area contributed by atoms with E-state index in [1.165, 1.54) is 11.6 Å². The molecule has 0 saturated heterocycles. The van der Waals surface area contributed by atoms with E-state index < -0.39 is 0 Å². The summed E-state index contributed by atoms with van der Waals surface area (Å²) in [5.41, 5.74) is 2.59. The summed E-state index contributed by atoms with van der Waals surface area (Å²) in [6.45, 7) is 4.46. The van der Waals surface area contributed by atoms with E-state index in [0.717, 1.165) is 24.8 Å². The molecule has 0 fully saturated rings. The quantitative estimate of drug-likeness (QED) is 0.506. The molecule has 0 radical (unpaired) electrons. The predicted octanol–water partition coefficient (Wildman–Crippen LogP) is 5.38. The van der Waals surface area contributed by atoms with Gasteiger partial charge in [0.15, 0.2) is 0 Å². The van der Waals surface area contributed by atoms with Gasteiger partial charge < -0.3 is 0 Å². The molecule has 0 nitrogen and oxygen atoms in total. The van der Waals surface area contributed by atoms with Crippen molar-refractivity contribution >= 4 is 23.2 Å². The third-order valence-corrected chi connectivity index (χ3v) is 3.85. The van der Waals surface area contributed by atoms with Gasteiger partial charge in [0.25, 0.3) is 0 Å². The molecule has 18 heavy (non-hydrogen) atoms. The van der Waals surface area contributed by atoms with Crippen LogP contribution >= 0.6 is 23.2 Å². The van der Waals surface area contributed by atoms with Gasteiger partial charge in [-0.25, -0.2) is 4.39 Å². The van der Waals surface area contributed by atoms with Crippen molar-refractivity contribution in [3.05, 3.63) is 46.3 Å². The summed E-state index contributed by atoms with van der Waals surface area (Å²) in [6, 6.07) is 4.90. The van der Waals surface area contributed by atoms with E-state index in [1.54, 1.807) is 12.1 Å². The van der Waals surface area contributed by atoms with Crippen LogP contribution in [0.1, 0.15) is 32.3 Å². The standard InChI is InChI=1S/C15H17Cl2F/c1-15(2)8-11(6-12(16)9-15)5-10-3-4-14(18)13(17)7-10/h3-4,6-7,12H,5,8-9H2,1-2H3. The molecule has 0 heterocycles. The van der Waals surface area contributed by atoms with Crippen LogP contribution in [0.2, 0.25) is 5.02 Å². The number of hydrogen-bond donors (Lipinski definition) is 0. The molecule has 3 heteroatoms. The normalized spacial score (nSPS) is 22.7. The molecule has 2 rings (SSSR count). The minimum atomic E-state index is -0.367. The summed E-state index contributed by atoms with van der Waals surface area (Å²) in [5.74, 6) is -0.367. The van der Waals surface area contributed by atoms with Crippen LogP contribution in [-0.4, -0.2) is 5.38 Å². The van der Waals surface area contributed by atoms with E-state index in [4.69, 9.17) is 23.2 Å². The fraction of sp³-hybridized carbons (Fsp3) is 0.467. The monoisotopic (exact) mass is 286 g/mol. The van der Waals surface area contributed by atoms with Crippen LogP contribution in [0.5, 0.6) is 0 Å². The zero-order chi connectivity index (χ0) is 13.3. The van der Waals surface area contributed by atoms with Crippen LogP contribution in [0, 0.1) is 11.2 Å². The fourth-order valence-electron chi connectivity index (χ4n) is 2.62. The second kappa shape index (κ2) is 5.22. The van der Waals surface area contributed by atoms with Gasteiger partial charge >= 0.3 is 0 Å². The first-order chi connectivity index (χ1) is 8.35. The van der Waals surface area contributed by atoms with E-state index in [0.29, 0.717) is 0 Å². The van der Waals surface area contributed by atoms with E-state index in [9.17, 15) is 4.39 Å². The van der Waals surface area contributed by atoms with Gasteiger partial charge in [0, 0.05) is 0 Å². The lowest BCUT2D eigenvalue weighted by Crippen LogP contribution is -2.22. The Labute approximate surface area is 118 Å². The highest BCUT2D eigenvalue weighted by molar-refractivity contribution is 6.30. The summed E-state index contributed by atoms with van der Waals surface area (Å²) in [4.78, 5) is 0. The molecular formula is C15H17Cl2F. The van der Waals surface area contributed by atoms with Crippen LogP contribution in [0.3, 0.4) is 0 Å². The molecule has 0 aromatic heterocycles. The maximum Gasteiger partial charge on any atom is 0.141 e. The Morgan fingerprint density at radius 2 is 2.11 bits per heavy atom. The molecule has 0 N–H and O–H groups in total. The Morgan fingerprint density at radius 3 is 2.72 bits per heavy atom. The van der Waals surface area contributed by atoms with Gasteiger partial charge in [0.05, 0.1) is 10.4 Å². The highest BCUT2D eigenvalue weighted by atomic mass is 35.5. The van der Waals surface area contributed by atoms with Crippen molar-refractivity contribution in [3.8, 4) is 0 Å². The van der Waals surface area contributed by atoms with Gasteiger partial charge in [-0.1, -0.05) is 43.2 Å². The number of rotatable bonds is 2. The molecule has 0 amide bonds. The number of halogens is 3. The van der Waals surface area contributed by atoms with Gasteiger partial charge in [-0.05, 0) is 42.4 Å². The van der Waals surface area contributed by atoms with Crippen LogP contribution in [0.15, 0.2) is 29.8 Å². The van der Waals surface area contributed by atoms with Crippen molar-refractivity contribution < 1.29 is 4.39 Å². The minimum absolute atomic E-state index is 0.0969. The Bertz CT molecular complexity index is 477. The van der Waals surface area contributed by atoms with Crippen molar-refractivity contribution in [3.63, 3.8) is 0 Å². The lowest BCUT2D eigenvalue weighted by molar-refractivity contribution is 0.320. The van der Waals surface area contributed by atoms with Crippen LogP contribution in [0.4, 0.5) is 4.39 Å². The van der Waals surface area contributed by atoms with Gasteiger partial charge in [-0.2, -0.15) is 0 Å². The number of alkyl halides is 1. The zero-order valence-corrected chi connectivity index (χ0v) is 12.2. The summed E-state index contributed by atoms with van der Waals surface area (Å²) in [6.07, 6.45) is 4.96. The largest absolute Gasteiger partial charge is 0.205 e. The van der Waals surface area contributed by atoms with Crippen molar-refractivity contribution in [1.82, 2.24) is 0 Å². The van der Waals surface area contributed by atoms with Crippen molar-refractivity contribution in [2.24, 2.45) is 5.41 Å². The highest BCUT2D eigenvalue weighted by Gasteiger charge is 2.27. The Balaban J connectivity index is 2.16. The van der Waals surface area contributed by atoms with E-state index in [-0.39, 0.29) is 21.6 Å². The summed E-state index contributed by atoms with van der Waals surface area (Å²) in [7, 11) is 0. The molecular weight excluding hydrogens is 270 g/mol. The van der Waals surface area contributed by atoms with Gasteiger partial charge in [-0.3, -0.25) is 0 Å². The van der Waals surface area contributed by atoms with E-state index in [2.05, 4.69) is 19.9 Å². The third-order valence-electron chi connectivity index (χ3n) is 3.28. The molecule has 0 bridgehead atoms. The second-order valence-corrected chi connectivity index (χ2v) is 6.78. The summed E-state index contributed by atoms with van der Waals surface area (Å²) >= 11 is 12.1. The van der Waals surface area contributed by atoms with Crippen molar-refractivity contribution in [2.45, 2.75) is 38.5 Å². The smallest absolute Gasteiger partial charge is 0.141 e. The first-order valence-corrected chi connectivity index (χ1v) is 6.95. The number of benzene rings is 1. The first-order valence-electron chi connectivity index (χ1n) is 6.13. The summed E-state index contributed by atoms with van der Waals surface area (Å²) < 4.78 is 13.1. The molecule has 1 atom stereocenters. The van der Waals surface area contributed by atoms with Gasteiger partial charge in [-0.15, -0.1) is 11.6 Å². The van der Waals surface area contributed by atoms with Crippen LogP contribution in [-0.2, 0) is 6.42 Å². The highest BCUT2D eigenvalue weighted by Crippen LogP contribution is 2.38. The Kier molecular flexibility index (Phi) is 4.03. The molecule has 0 spiro atoms.